The fourth-order valence-electron chi connectivity index (χ4n) is 1.03. The molecule has 0 spiro atoms. The Kier molecular flexibility index (Phi) is 6.34. The summed E-state index contributed by atoms with van der Waals surface area (Å²) < 4.78 is 4.94. The van der Waals surface area contributed by atoms with Gasteiger partial charge in [0.05, 0.1) is 6.10 Å². The first-order chi connectivity index (χ1) is 5.59. The third-order valence-corrected chi connectivity index (χ3v) is 2.25. The zero-order valence-corrected chi connectivity index (χ0v) is 8.58. The molecule has 0 bridgehead atoms. The van der Waals surface area contributed by atoms with Crippen LogP contribution in [0.2, 0.25) is 0 Å². The van der Waals surface area contributed by atoms with Gasteiger partial charge in [0.15, 0.2) is 0 Å². The highest BCUT2D eigenvalue weighted by Gasteiger charge is 2.13. The number of hydrogen-bond acceptors (Lipinski definition) is 3. The number of aliphatic hydroxyl groups is 1. The Morgan fingerprint density at radius 3 is 2.42 bits per heavy atom. The SMILES string of the molecule is COCCCN(C)C(C)C(C)O. The van der Waals surface area contributed by atoms with Crippen molar-refractivity contribution in [1.29, 1.82) is 0 Å². The molecule has 1 N–H and O–H groups in total. The number of likely N-dealkylation sites (N-methyl/N-ethyl adjacent to an activating group) is 1. The molecule has 0 aliphatic rings. The Hall–Kier alpha value is -0.120. The first-order valence-electron chi connectivity index (χ1n) is 4.46. The maximum atomic E-state index is 9.27. The van der Waals surface area contributed by atoms with Crippen LogP contribution in [0.1, 0.15) is 20.3 Å². The van der Waals surface area contributed by atoms with Crippen LogP contribution in [0.15, 0.2) is 0 Å². The highest BCUT2D eigenvalue weighted by atomic mass is 16.5. The van der Waals surface area contributed by atoms with Crippen LogP contribution >= 0.6 is 0 Å². The van der Waals surface area contributed by atoms with Crippen molar-refractivity contribution in [2.24, 2.45) is 0 Å². The van der Waals surface area contributed by atoms with Gasteiger partial charge in [0.25, 0.3) is 0 Å². The Bertz CT molecular complexity index is 107. The van der Waals surface area contributed by atoms with E-state index in [1.807, 2.05) is 20.9 Å². The van der Waals surface area contributed by atoms with Crippen LogP contribution in [0, 0.1) is 0 Å². The van der Waals surface area contributed by atoms with Crippen molar-refractivity contribution in [3.05, 3.63) is 0 Å². The number of nitrogens with zero attached hydrogens (tertiary/aromatic N) is 1. The molecule has 0 heterocycles. The van der Waals surface area contributed by atoms with E-state index in [9.17, 15) is 5.11 Å². The minimum absolute atomic E-state index is 0.224. The van der Waals surface area contributed by atoms with Gasteiger partial charge in [-0.1, -0.05) is 0 Å². The van der Waals surface area contributed by atoms with Crippen molar-refractivity contribution in [2.45, 2.75) is 32.4 Å². The number of rotatable bonds is 6. The minimum Gasteiger partial charge on any atom is -0.392 e. The summed E-state index contributed by atoms with van der Waals surface area (Å²) in [7, 11) is 3.73. The lowest BCUT2D eigenvalue weighted by atomic mass is 10.2. The molecule has 0 radical (unpaired) electrons. The molecule has 74 valence electrons. The maximum absolute atomic E-state index is 9.27. The molecular formula is C9H21NO2. The Morgan fingerprint density at radius 1 is 1.42 bits per heavy atom. The van der Waals surface area contributed by atoms with Gasteiger partial charge in [-0.3, -0.25) is 0 Å². The fraction of sp³-hybridized carbons (Fsp3) is 1.00. The molecule has 0 aromatic rings. The molecule has 12 heavy (non-hydrogen) atoms. The molecule has 0 aliphatic heterocycles. The molecule has 0 fully saturated rings. The van der Waals surface area contributed by atoms with Gasteiger partial charge in [-0.15, -0.1) is 0 Å². The molecule has 0 saturated carbocycles. The number of methoxy groups -OCH3 is 1. The van der Waals surface area contributed by atoms with E-state index in [4.69, 9.17) is 4.74 Å². The van der Waals surface area contributed by atoms with Crippen LogP contribution in [0.25, 0.3) is 0 Å². The summed E-state index contributed by atoms with van der Waals surface area (Å²) in [6, 6.07) is 0.224. The standard InChI is InChI=1S/C9H21NO2/c1-8(9(2)11)10(3)6-5-7-12-4/h8-9,11H,5-7H2,1-4H3. The lowest BCUT2D eigenvalue weighted by molar-refractivity contribution is 0.0798. The topological polar surface area (TPSA) is 32.7 Å². The van der Waals surface area contributed by atoms with Crippen LogP contribution in [-0.4, -0.2) is 49.5 Å². The first kappa shape index (κ1) is 11.9. The van der Waals surface area contributed by atoms with Crippen LogP contribution in [0.4, 0.5) is 0 Å². The lowest BCUT2D eigenvalue weighted by Gasteiger charge is -2.26. The summed E-state index contributed by atoms with van der Waals surface area (Å²) in [6.07, 6.45) is 0.752. The summed E-state index contributed by atoms with van der Waals surface area (Å²) in [5.41, 5.74) is 0. The van der Waals surface area contributed by atoms with Crippen LogP contribution in [0.5, 0.6) is 0 Å². The van der Waals surface area contributed by atoms with Crippen molar-refractivity contribution in [3.63, 3.8) is 0 Å². The molecular weight excluding hydrogens is 154 g/mol. The molecule has 0 aromatic carbocycles. The molecule has 0 aromatic heterocycles. The van der Waals surface area contributed by atoms with Gasteiger partial charge >= 0.3 is 0 Å². The van der Waals surface area contributed by atoms with Crippen LogP contribution in [-0.2, 0) is 4.74 Å². The molecule has 0 aliphatic carbocycles. The quantitative estimate of drug-likeness (QED) is 0.604. The number of ether oxygens (including phenoxy) is 1. The highest BCUT2D eigenvalue weighted by Crippen LogP contribution is 2.01. The predicted octanol–water partition coefficient (Wildman–Crippen LogP) is 0.724. The van der Waals surface area contributed by atoms with E-state index < -0.39 is 0 Å². The van der Waals surface area contributed by atoms with Gasteiger partial charge < -0.3 is 14.7 Å². The Labute approximate surface area is 75.3 Å². The largest absolute Gasteiger partial charge is 0.392 e. The third kappa shape index (κ3) is 4.70. The molecule has 2 atom stereocenters. The van der Waals surface area contributed by atoms with Gasteiger partial charge in [-0.25, -0.2) is 0 Å². The highest BCUT2D eigenvalue weighted by molar-refractivity contribution is 4.68. The summed E-state index contributed by atoms with van der Waals surface area (Å²) in [6.45, 7) is 5.60. The second kappa shape index (κ2) is 6.40. The van der Waals surface area contributed by atoms with Crippen LogP contribution in [0.3, 0.4) is 0 Å². The summed E-state index contributed by atoms with van der Waals surface area (Å²) >= 11 is 0. The molecule has 2 unspecified atom stereocenters. The van der Waals surface area contributed by atoms with Crippen molar-refractivity contribution in [3.8, 4) is 0 Å². The van der Waals surface area contributed by atoms with E-state index in [0.717, 1.165) is 19.6 Å². The van der Waals surface area contributed by atoms with E-state index >= 15 is 0 Å². The minimum atomic E-state index is -0.266. The van der Waals surface area contributed by atoms with Gasteiger partial charge in [0.1, 0.15) is 0 Å². The smallest absolute Gasteiger partial charge is 0.0664 e. The van der Waals surface area contributed by atoms with E-state index in [-0.39, 0.29) is 12.1 Å². The maximum Gasteiger partial charge on any atom is 0.0664 e. The molecule has 0 saturated heterocycles. The van der Waals surface area contributed by atoms with E-state index in [1.165, 1.54) is 0 Å². The lowest BCUT2D eigenvalue weighted by Crippen LogP contribution is -2.38. The zero-order valence-electron chi connectivity index (χ0n) is 8.58. The fourth-order valence-corrected chi connectivity index (χ4v) is 1.03. The summed E-state index contributed by atoms with van der Waals surface area (Å²) in [5.74, 6) is 0. The van der Waals surface area contributed by atoms with Crippen molar-refractivity contribution >= 4 is 0 Å². The zero-order chi connectivity index (χ0) is 9.56. The monoisotopic (exact) mass is 175 g/mol. The summed E-state index contributed by atoms with van der Waals surface area (Å²) in [4.78, 5) is 2.14. The van der Waals surface area contributed by atoms with Gasteiger partial charge in [0.2, 0.25) is 0 Å². The Morgan fingerprint density at radius 2 is 2.00 bits per heavy atom. The molecule has 0 amide bonds. The number of aliphatic hydroxyl groups excluding tert-OH is 1. The normalized spacial score (nSPS) is 16.5. The number of hydrogen-bond donors (Lipinski definition) is 1. The van der Waals surface area contributed by atoms with E-state index in [2.05, 4.69) is 4.90 Å². The van der Waals surface area contributed by atoms with E-state index in [1.54, 1.807) is 7.11 Å². The van der Waals surface area contributed by atoms with Crippen molar-refractivity contribution in [2.75, 3.05) is 27.3 Å². The van der Waals surface area contributed by atoms with E-state index in [0.29, 0.717) is 0 Å². The second-order valence-electron chi connectivity index (χ2n) is 3.31. The third-order valence-electron chi connectivity index (χ3n) is 2.25. The van der Waals surface area contributed by atoms with Crippen molar-refractivity contribution in [1.82, 2.24) is 4.90 Å². The van der Waals surface area contributed by atoms with Crippen LogP contribution < -0.4 is 0 Å². The molecule has 3 heteroatoms. The predicted molar refractivity (Wildman–Crippen MR) is 50.3 cm³/mol. The summed E-state index contributed by atoms with van der Waals surface area (Å²) in [5, 5.41) is 9.27. The second-order valence-corrected chi connectivity index (χ2v) is 3.31. The van der Waals surface area contributed by atoms with Crippen molar-refractivity contribution < 1.29 is 9.84 Å². The molecule has 0 rings (SSSR count). The van der Waals surface area contributed by atoms with Gasteiger partial charge in [-0.2, -0.15) is 0 Å². The average Bonchev–Trinajstić information content (AvgIpc) is 2.03. The molecule has 3 nitrogen and oxygen atoms in total. The van der Waals surface area contributed by atoms with Gasteiger partial charge in [0, 0.05) is 26.3 Å². The Balaban J connectivity index is 3.49. The van der Waals surface area contributed by atoms with Gasteiger partial charge in [-0.05, 0) is 27.3 Å². The first-order valence-corrected chi connectivity index (χ1v) is 4.46. The average molecular weight is 175 g/mol.